The second kappa shape index (κ2) is 9.78. The van der Waals surface area contributed by atoms with Crippen LogP contribution in [-0.2, 0) is 11.2 Å². The molecule has 4 aromatic rings. The Balaban J connectivity index is 1.53. The zero-order valence-corrected chi connectivity index (χ0v) is 17.8. The van der Waals surface area contributed by atoms with Gasteiger partial charge in [0.05, 0.1) is 24.9 Å². The van der Waals surface area contributed by atoms with E-state index in [0.717, 1.165) is 11.3 Å². The van der Waals surface area contributed by atoms with Crippen LogP contribution in [0.3, 0.4) is 0 Å². The zero-order valence-electron chi connectivity index (χ0n) is 17.8. The molecule has 0 saturated heterocycles. The first kappa shape index (κ1) is 21.8. The minimum atomic E-state index is -0.563. The number of rotatable bonds is 6. The molecular weight excluding hydrogens is 423 g/mol. The van der Waals surface area contributed by atoms with Crippen LogP contribution in [0.2, 0.25) is 0 Å². The van der Waals surface area contributed by atoms with E-state index in [1.165, 1.54) is 24.3 Å². The Morgan fingerprint density at radius 2 is 1.64 bits per heavy atom. The van der Waals surface area contributed by atoms with Crippen molar-refractivity contribution in [2.45, 2.75) is 6.42 Å². The molecule has 166 valence electrons. The molecule has 4 rings (SSSR count). The van der Waals surface area contributed by atoms with Gasteiger partial charge in [-0.05, 0) is 60.2 Å². The summed E-state index contributed by atoms with van der Waals surface area (Å²) in [6.07, 6.45) is -0.00386. The van der Waals surface area contributed by atoms with E-state index in [2.05, 4.69) is 16.0 Å². The van der Waals surface area contributed by atoms with Gasteiger partial charge < -0.3 is 4.74 Å². The number of halogens is 1. The standard InChI is InChI=1S/C25H21FN4O3/c1-33-21-13-9-18(10-14-21)23-16-22(29-30(23)20-5-3-2-4-6-20)25(32)28-27-24(31)15-17-7-11-19(26)12-8-17/h2-14,16H,15H2,1H3,(H,27,31)(H,28,32). The summed E-state index contributed by atoms with van der Waals surface area (Å²) in [5, 5.41) is 4.45. The van der Waals surface area contributed by atoms with Crippen LogP contribution in [0.5, 0.6) is 5.75 Å². The Morgan fingerprint density at radius 3 is 2.30 bits per heavy atom. The van der Waals surface area contributed by atoms with Crippen molar-refractivity contribution in [1.82, 2.24) is 20.6 Å². The maximum atomic E-state index is 13.0. The molecule has 0 saturated carbocycles. The smallest absolute Gasteiger partial charge is 0.290 e. The zero-order chi connectivity index (χ0) is 23.2. The molecule has 0 atom stereocenters. The summed E-state index contributed by atoms with van der Waals surface area (Å²) >= 11 is 0. The molecule has 0 radical (unpaired) electrons. The highest BCUT2D eigenvalue weighted by Gasteiger charge is 2.17. The molecule has 0 fully saturated rings. The molecule has 0 aliphatic carbocycles. The maximum Gasteiger partial charge on any atom is 0.290 e. The number of benzene rings is 3. The second-order valence-corrected chi connectivity index (χ2v) is 7.20. The van der Waals surface area contributed by atoms with Crippen molar-refractivity contribution in [2.75, 3.05) is 7.11 Å². The average molecular weight is 444 g/mol. The first-order chi connectivity index (χ1) is 16.0. The van der Waals surface area contributed by atoms with Crippen LogP contribution in [0.25, 0.3) is 16.9 Å². The number of methoxy groups -OCH3 is 1. The molecular formula is C25H21FN4O3. The Kier molecular flexibility index (Phi) is 6.45. The quantitative estimate of drug-likeness (QED) is 0.444. The molecule has 1 heterocycles. The van der Waals surface area contributed by atoms with Crippen molar-refractivity contribution in [3.8, 4) is 22.7 Å². The van der Waals surface area contributed by atoms with Gasteiger partial charge in [0.1, 0.15) is 11.6 Å². The van der Waals surface area contributed by atoms with E-state index in [1.807, 2.05) is 54.6 Å². The van der Waals surface area contributed by atoms with Crippen molar-refractivity contribution in [2.24, 2.45) is 0 Å². The minimum absolute atomic E-state index is 0.00386. The molecule has 0 bridgehead atoms. The maximum absolute atomic E-state index is 13.0. The van der Waals surface area contributed by atoms with E-state index in [9.17, 15) is 14.0 Å². The van der Waals surface area contributed by atoms with E-state index in [4.69, 9.17) is 4.74 Å². The number of carbonyl (C=O) groups is 2. The van der Waals surface area contributed by atoms with Gasteiger partial charge in [0.15, 0.2) is 5.69 Å². The largest absolute Gasteiger partial charge is 0.497 e. The number of hydrogen-bond donors (Lipinski definition) is 2. The first-order valence-electron chi connectivity index (χ1n) is 10.2. The molecule has 33 heavy (non-hydrogen) atoms. The number of hydrogen-bond acceptors (Lipinski definition) is 4. The number of nitrogens with zero attached hydrogens (tertiary/aromatic N) is 2. The van der Waals surface area contributed by atoms with Crippen LogP contribution in [0, 0.1) is 5.82 Å². The fourth-order valence-electron chi connectivity index (χ4n) is 3.25. The van der Waals surface area contributed by atoms with Crippen LogP contribution in [0.1, 0.15) is 16.1 Å². The SMILES string of the molecule is COc1ccc(-c2cc(C(=O)NNC(=O)Cc3ccc(F)cc3)nn2-c2ccccc2)cc1. The molecule has 1 aromatic heterocycles. The van der Waals surface area contributed by atoms with E-state index in [-0.39, 0.29) is 17.9 Å². The number of carbonyl (C=O) groups excluding carboxylic acids is 2. The van der Waals surface area contributed by atoms with E-state index in [1.54, 1.807) is 17.9 Å². The highest BCUT2D eigenvalue weighted by Crippen LogP contribution is 2.26. The third-order valence-electron chi connectivity index (χ3n) is 4.92. The predicted octanol–water partition coefficient (Wildman–Crippen LogP) is 3.69. The lowest BCUT2D eigenvalue weighted by Gasteiger charge is -2.08. The molecule has 7 nitrogen and oxygen atoms in total. The molecule has 2 N–H and O–H groups in total. The predicted molar refractivity (Wildman–Crippen MR) is 121 cm³/mol. The van der Waals surface area contributed by atoms with Gasteiger partial charge in [0.2, 0.25) is 5.91 Å². The van der Waals surface area contributed by atoms with Gasteiger partial charge in [-0.3, -0.25) is 20.4 Å². The Morgan fingerprint density at radius 1 is 0.939 bits per heavy atom. The number of hydrazine groups is 1. The van der Waals surface area contributed by atoms with Gasteiger partial charge >= 0.3 is 0 Å². The summed E-state index contributed by atoms with van der Waals surface area (Å²) < 4.78 is 19.9. The van der Waals surface area contributed by atoms with Crippen LogP contribution in [-0.4, -0.2) is 28.7 Å². The molecule has 0 aliphatic rings. The van der Waals surface area contributed by atoms with Gasteiger partial charge in [0.25, 0.3) is 5.91 Å². The lowest BCUT2D eigenvalue weighted by Crippen LogP contribution is -2.42. The lowest BCUT2D eigenvalue weighted by molar-refractivity contribution is -0.121. The van der Waals surface area contributed by atoms with Crippen molar-refractivity contribution >= 4 is 11.8 Å². The van der Waals surface area contributed by atoms with Gasteiger partial charge in [-0.1, -0.05) is 30.3 Å². The number of nitrogens with one attached hydrogen (secondary N) is 2. The Bertz CT molecular complexity index is 1250. The van der Waals surface area contributed by atoms with Gasteiger partial charge in [-0.2, -0.15) is 5.10 Å². The summed E-state index contributed by atoms with van der Waals surface area (Å²) in [6.45, 7) is 0. The van der Waals surface area contributed by atoms with Crippen molar-refractivity contribution in [1.29, 1.82) is 0 Å². The van der Waals surface area contributed by atoms with Crippen LogP contribution in [0.4, 0.5) is 4.39 Å². The molecule has 8 heteroatoms. The van der Waals surface area contributed by atoms with Crippen LogP contribution >= 0.6 is 0 Å². The van der Waals surface area contributed by atoms with Crippen LogP contribution in [0.15, 0.2) is 84.9 Å². The third-order valence-corrected chi connectivity index (χ3v) is 4.92. The minimum Gasteiger partial charge on any atom is -0.497 e. The van der Waals surface area contributed by atoms with Crippen LogP contribution < -0.4 is 15.6 Å². The fraction of sp³-hybridized carbons (Fsp3) is 0.0800. The molecule has 3 aromatic carbocycles. The number of aromatic nitrogens is 2. The van der Waals surface area contributed by atoms with Gasteiger partial charge in [-0.15, -0.1) is 0 Å². The van der Waals surface area contributed by atoms with Crippen molar-refractivity contribution in [3.63, 3.8) is 0 Å². The van der Waals surface area contributed by atoms with Gasteiger partial charge in [0, 0.05) is 5.56 Å². The highest BCUT2D eigenvalue weighted by molar-refractivity contribution is 5.95. The molecule has 0 aliphatic heterocycles. The summed E-state index contributed by atoms with van der Waals surface area (Å²) in [5.74, 6) is -0.666. The second-order valence-electron chi connectivity index (χ2n) is 7.20. The fourth-order valence-corrected chi connectivity index (χ4v) is 3.25. The number of para-hydroxylation sites is 1. The summed E-state index contributed by atoms with van der Waals surface area (Å²) in [4.78, 5) is 24.9. The summed E-state index contributed by atoms with van der Waals surface area (Å²) in [5.41, 5.74) is 7.83. The number of ether oxygens (including phenoxy) is 1. The summed E-state index contributed by atoms with van der Waals surface area (Å²) in [6, 6.07) is 24.0. The van der Waals surface area contributed by atoms with Crippen molar-refractivity contribution < 1.29 is 18.7 Å². The molecule has 0 unspecified atom stereocenters. The lowest BCUT2D eigenvalue weighted by atomic mass is 10.1. The topological polar surface area (TPSA) is 85.2 Å². The monoisotopic (exact) mass is 444 g/mol. The normalized spacial score (nSPS) is 10.5. The van der Waals surface area contributed by atoms with Crippen molar-refractivity contribution in [3.05, 3.63) is 102 Å². The Hall–Kier alpha value is -4.46. The van der Waals surface area contributed by atoms with E-state index < -0.39 is 11.8 Å². The first-order valence-corrected chi connectivity index (χ1v) is 10.2. The Labute approximate surface area is 189 Å². The summed E-state index contributed by atoms with van der Waals surface area (Å²) in [7, 11) is 1.59. The number of amides is 2. The average Bonchev–Trinajstić information content (AvgIpc) is 3.30. The molecule has 0 spiro atoms. The van der Waals surface area contributed by atoms with Gasteiger partial charge in [-0.25, -0.2) is 9.07 Å². The third kappa shape index (κ3) is 5.24. The van der Waals surface area contributed by atoms with E-state index in [0.29, 0.717) is 17.0 Å². The highest BCUT2D eigenvalue weighted by atomic mass is 19.1. The molecule has 2 amide bonds. The van der Waals surface area contributed by atoms with E-state index >= 15 is 0 Å².